The predicted octanol–water partition coefficient (Wildman–Crippen LogP) is 3.55. The van der Waals surface area contributed by atoms with Gasteiger partial charge in [-0.25, -0.2) is 4.79 Å². The molecule has 1 N–H and O–H groups in total. The number of amides is 1. The van der Waals surface area contributed by atoms with Crippen LogP contribution in [0.1, 0.15) is 12.5 Å². The van der Waals surface area contributed by atoms with Crippen molar-refractivity contribution < 1.29 is 32.6 Å². The third-order valence-electron chi connectivity index (χ3n) is 3.34. The summed E-state index contributed by atoms with van der Waals surface area (Å²) in [6.45, 7) is -0.0133. The monoisotopic (exact) mass is 379 g/mol. The standard InChI is InChI=1S/C19H19F2NO5/c1-12-4-3-5-16(10-12)26-13(2)18(24)25-11-17(23)22-14-6-8-15(9-7-14)27-19(20)21/h3-10,13,19H,11H2,1-2H3,(H,22,23)/t13-/m1/s1. The lowest BCUT2D eigenvalue weighted by molar-refractivity contribution is -0.153. The van der Waals surface area contributed by atoms with Crippen LogP contribution < -0.4 is 14.8 Å². The summed E-state index contributed by atoms with van der Waals surface area (Å²) in [5.74, 6) is -0.771. The molecule has 0 spiro atoms. The van der Waals surface area contributed by atoms with Gasteiger partial charge in [-0.15, -0.1) is 0 Å². The van der Waals surface area contributed by atoms with Crippen molar-refractivity contribution in [1.82, 2.24) is 0 Å². The molecule has 1 atom stereocenters. The number of carbonyl (C=O) groups excluding carboxylic acids is 2. The average Bonchev–Trinajstić information content (AvgIpc) is 2.61. The molecule has 0 heterocycles. The molecule has 0 fully saturated rings. The normalized spacial score (nSPS) is 11.6. The first-order valence-electron chi connectivity index (χ1n) is 8.08. The van der Waals surface area contributed by atoms with Crippen LogP contribution in [0.2, 0.25) is 0 Å². The Balaban J connectivity index is 1.77. The largest absolute Gasteiger partial charge is 0.479 e. The molecule has 0 aliphatic carbocycles. The summed E-state index contributed by atoms with van der Waals surface area (Å²) in [6, 6.07) is 12.5. The molecule has 0 aliphatic rings. The third-order valence-corrected chi connectivity index (χ3v) is 3.34. The van der Waals surface area contributed by atoms with Crippen LogP contribution in [0.25, 0.3) is 0 Å². The van der Waals surface area contributed by atoms with E-state index in [9.17, 15) is 18.4 Å². The highest BCUT2D eigenvalue weighted by Crippen LogP contribution is 2.18. The van der Waals surface area contributed by atoms with Gasteiger partial charge in [-0.2, -0.15) is 8.78 Å². The molecule has 0 aliphatic heterocycles. The van der Waals surface area contributed by atoms with Crippen LogP contribution in [-0.4, -0.2) is 31.2 Å². The van der Waals surface area contributed by atoms with E-state index in [-0.39, 0.29) is 5.75 Å². The van der Waals surface area contributed by atoms with Gasteiger partial charge in [-0.1, -0.05) is 12.1 Å². The van der Waals surface area contributed by atoms with E-state index in [4.69, 9.17) is 9.47 Å². The van der Waals surface area contributed by atoms with E-state index in [0.717, 1.165) is 5.56 Å². The number of nitrogens with one attached hydrogen (secondary N) is 1. The number of carbonyl (C=O) groups is 2. The van der Waals surface area contributed by atoms with Crippen molar-refractivity contribution in [2.45, 2.75) is 26.6 Å². The fourth-order valence-electron chi connectivity index (χ4n) is 2.11. The van der Waals surface area contributed by atoms with Crippen molar-refractivity contribution in [1.29, 1.82) is 0 Å². The van der Waals surface area contributed by atoms with E-state index in [0.29, 0.717) is 11.4 Å². The van der Waals surface area contributed by atoms with Crippen molar-refractivity contribution in [2.75, 3.05) is 11.9 Å². The fourth-order valence-corrected chi connectivity index (χ4v) is 2.11. The Labute approximate surface area is 155 Å². The number of ether oxygens (including phenoxy) is 3. The molecular formula is C19H19F2NO5. The molecule has 6 nitrogen and oxygen atoms in total. The first kappa shape index (κ1) is 20.2. The Morgan fingerprint density at radius 1 is 1.04 bits per heavy atom. The predicted molar refractivity (Wildman–Crippen MR) is 93.9 cm³/mol. The number of anilines is 1. The van der Waals surface area contributed by atoms with Crippen molar-refractivity contribution in [3.63, 3.8) is 0 Å². The summed E-state index contributed by atoms with van der Waals surface area (Å²) in [5, 5.41) is 2.47. The number of alkyl halides is 2. The number of rotatable bonds is 8. The number of benzene rings is 2. The van der Waals surface area contributed by atoms with Gasteiger partial charge in [-0.05, 0) is 55.8 Å². The highest BCUT2D eigenvalue weighted by molar-refractivity contribution is 5.93. The van der Waals surface area contributed by atoms with Crippen molar-refractivity contribution in [3.05, 3.63) is 54.1 Å². The van der Waals surface area contributed by atoms with Gasteiger partial charge in [0, 0.05) is 5.69 Å². The maximum absolute atomic E-state index is 12.1. The smallest absolute Gasteiger partial charge is 0.387 e. The van der Waals surface area contributed by atoms with E-state index < -0.39 is 31.2 Å². The zero-order valence-corrected chi connectivity index (χ0v) is 14.8. The average molecular weight is 379 g/mol. The van der Waals surface area contributed by atoms with Crippen LogP contribution in [0.15, 0.2) is 48.5 Å². The Morgan fingerprint density at radius 2 is 1.74 bits per heavy atom. The van der Waals surface area contributed by atoms with E-state index >= 15 is 0 Å². The first-order valence-corrected chi connectivity index (χ1v) is 8.08. The minimum atomic E-state index is -2.92. The SMILES string of the molecule is Cc1cccc(O[C@H](C)C(=O)OCC(=O)Nc2ccc(OC(F)F)cc2)c1. The van der Waals surface area contributed by atoms with E-state index in [1.54, 1.807) is 18.2 Å². The summed E-state index contributed by atoms with van der Waals surface area (Å²) in [4.78, 5) is 23.7. The lowest BCUT2D eigenvalue weighted by Gasteiger charge is -2.14. The number of hydrogen-bond donors (Lipinski definition) is 1. The minimum absolute atomic E-state index is 0.0310. The van der Waals surface area contributed by atoms with Crippen molar-refractivity contribution in [3.8, 4) is 11.5 Å². The number of hydrogen-bond acceptors (Lipinski definition) is 5. The number of aryl methyl sites for hydroxylation is 1. The van der Waals surface area contributed by atoms with Gasteiger partial charge in [-0.3, -0.25) is 4.79 Å². The van der Waals surface area contributed by atoms with Gasteiger partial charge >= 0.3 is 12.6 Å². The highest BCUT2D eigenvalue weighted by atomic mass is 19.3. The summed E-state index contributed by atoms with van der Waals surface area (Å²) in [7, 11) is 0. The lowest BCUT2D eigenvalue weighted by Crippen LogP contribution is -2.29. The Morgan fingerprint density at radius 3 is 2.37 bits per heavy atom. The quantitative estimate of drug-likeness (QED) is 0.710. The number of esters is 1. The van der Waals surface area contributed by atoms with Gasteiger partial charge in [0.05, 0.1) is 0 Å². The van der Waals surface area contributed by atoms with Gasteiger partial charge in [0.2, 0.25) is 0 Å². The summed E-state index contributed by atoms with van der Waals surface area (Å²) < 4.78 is 38.8. The lowest BCUT2D eigenvalue weighted by atomic mass is 10.2. The van der Waals surface area contributed by atoms with Crippen LogP contribution in [0, 0.1) is 6.92 Å². The van der Waals surface area contributed by atoms with E-state index in [2.05, 4.69) is 10.1 Å². The molecule has 0 saturated carbocycles. The van der Waals surface area contributed by atoms with E-state index in [1.807, 2.05) is 13.0 Å². The maximum Gasteiger partial charge on any atom is 0.387 e. The third kappa shape index (κ3) is 6.93. The van der Waals surface area contributed by atoms with Gasteiger partial charge in [0.1, 0.15) is 11.5 Å². The summed E-state index contributed by atoms with van der Waals surface area (Å²) >= 11 is 0. The second kappa shape index (κ2) is 9.51. The zero-order chi connectivity index (χ0) is 19.8. The van der Waals surface area contributed by atoms with Crippen LogP contribution >= 0.6 is 0 Å². The molecule has 8 heteroatoms. The van der Waals surface area contributed by atoms with Gasteiger partial charge in [0.15, 0.2) is 12.7 Å². The summed E-state index contributed by atoms with van der Waals surface area (Å²) in [5.41, 5.74) is 1.33. The Bertz CT molecular complexity index is 780. The van der Waals surface area contributed by atoms with Crippen LogP contribution in [0.5, 0.6) is 11.5 Å². The molecule has 2 aromatic rings. The molecule has 1 amide bonds. The molecule has 144 valence electrons. The second-order valence-electron chi connectivity index (χ2n) is 5.64. The maximum atomic E-state index is 12.1. The molecule has 0 saturated heterocycles. The Hall–Kier alpha value is -3.16. The van der Waals surface area contributed by atoms with Crippen molar-refractivity contribution >= 4 is 17.6 Å². The molecular weight excluding hydrogens is 360 g/mol. The molecule has 0 bridgehead atoms. The van der Waals surface area contributed by atoms with Crippen LogP contribution in [-0.2, 0) is 14.3 Å². The van der Waals surface area contributed by atoms with Crippen LogP contribution in [0.4, 0.5) is 14.5 Å². The highest BCUT2D eigenvalue weighted by Gasteiger charge is 2.18. The molecule has 0 unspecified atom stereocenters. The van der Waals surface area contributed by atoms with Crippen molar-refractivity contribution in [2.24, 2.45) is 0 Å². The molecule has 2 rings (SSSR count). The fraction of sp³-hybridized carbons (Fsp3) is 0.263. The zero-order valence-electron chi connectivity index (χ0n) is 14.8. The molecule has 2 aromatic carbocycles. The minimum Gasteiger partial charge on any atom is -0.479 e. The molecule has 0 radical (unpaired) electrons. The Kier molecular flexibility index (Phi) is 7.10. The van der Waals surface area contributed by atoms with Gasteiger partial charge < -0.3 is 19.5 Å². The van der Waals surface area contributed by atoms with E-state index in [1.165, 1.54) is 31.2 Å². The topological polar surface area (TPSA) is 73.9 Å². The molecule has 0 aromatic heterocycles. The summed E-state index contributed by atoms with van der Waals surface area (Å²) in [6.07, 6.45) is -0.884. The van der Waals surface area contributed by atoms with Gasteiger partial charge in [0.25, 0.3) is 5.91 Å². The molecule has 27 heavy (non-hydrogen) atoms. The number of halogens is 2. The first-order chi connectivity index (χ1) is 12.8. The second-order valence-corrected chi connectivity index (χ2v) is 5.64. The van der Waals surface area contributed by atoms with Crippen LogP contribution in [0.3, 0.4) is 0 Å².